The summed E-state index contributed by atoms with van der Waals surface area (Å²) in [6, 6.07) is 6.66. The van der Waals surface area contributed by atoms with E-state index in [0.717, 1.165) is 6.42 Å². The predicted molar refractivity (Wildman–Crippen MR) is 95.1 cm³/mol. The summed E-state index contributed by atoms with van der Waals surface area (Å²) in [7, 11) is 0. The summed E-state index contributed by atoms with van der Waals surface area (Å²) in [6.07, 6.45) is 2.00. The minimum Gasteiger partial charge on any atom is -0.387 e. The van der Waals surface area contributed by atoms with E-state index in [1.54, 1.807) is 29.2 Å². The van der Waals surface area contributed by atoms with Crippen molar-refractivity contribution in [2.75, 3.05) is 46.1 Å². The zero-order chi connectivity index (χ0) is 18.4. The van der Waals surface area contributed by atoms with Crippen molar-refractivity contribution in [1.82, 2.24) is 10.2 Å². The number of carbonyl (C=O) groups is 2. The number of morpholine rings is 1. The lowest BCUT2D eigenvalue weighted by atomic mass is 9.93. The van der Waals surface area contributed by atoms with Crippen molar-refractivity contribution in [2.45, 2.75) is 24.9 Å². The van der Waals surface area contributed by atoms with E-state index in [2.05, 4.69) is 5.32 Å². The van der Waals surface area contributed by atoms with E-state index in [4.69, 9.17) is 9.47 Å². The minimum atomic E-state index is -0.847. The van der Waals surface area contributed by atoms with Crippen LogP contribution < -0.4 is 5.32 Å². The fourth-order valence-electron chi connectivity index (χ4n) is 3.26. The Balaban J connectivity index is 1.49. The molecule has 0 aromatic heterocycles. The fraction of sp³-hybridized carbons (Fsp3) is 0.579. The van der Waals surface area contributed by atoms with E-state index >= 15 is 0 Å². The number of hydrogen-bond acceptors (Lipinski definition) is 5. The van der Waals surface area contributed by atoms with Crippen LogP contribution in [0, 0.1) is 0 Å². The molecule has 1 aromatic carbocycles. The second-order valence-electron chi connectivity index (χ2n) is 6.87. The van der Waals surface area contributed by atoms with Crippen molar-refractivity contribution in [3.63, 3.8) is 0 Å². The molecule has 2 heterocycles. The van der Waals surface area contributed by atoms with Crippen LogP contribution in [0.15, 0.2) is 24.3 Å². The number of ether oxygens (including phenoxy) is 2. The monoisotopic (exact) mass is 362 g/mol. The first-order chi connectivity index (χ1) is 12.6. The standard InChI is InChI=1S/C19H26N2O5/c22-17(20-8-7-19(24)6-1-11-26-14-19)15-2-4-16(5-3-15)18(23)21-9-12-25-13-10-21/h2-5,24H,1,6-14H2,(H,20,22). The molecule has 0 radical (unpaired) electrons. The maximum atomic E-state index is 12.4. The number of carbonyl (C=O) groups excluding carboxylic acids is 2. The van der Waals surface area contributed by atoms with Gasteiger partial charge in [-0.05, 0) is 43.5 Å². The Labute approximate surface area is 153 Å². The Kier molecular flexibility index (Phi) is 6.24. The highest BCUT2D eigenvalue weighted by Gasteiger charge is 2.29. The maximum Gasteiger partial charge on any atom is 0.254 e. The number of amides is 2. The molecule has 1 atom stereocenters. The van der Waals surface area contributed by atoms with Gasteiger partial charge in [-0.1, -0.05) is 0 Å². The van der Waals surface area contributed by atoms with Gasteiger partial charge in [0.25, 0.3) is 11.8 Å². The third-order valence-electron chi connectivity index (χ3n) is 4.87. The van der Waals surface area contributed by atoms with Gasteiger partial charge in [0, 0.05) is 37.4 Å². The first kappa shape index (κ1) is 18.8. The van der Waals surface area contributed by atoms with Gasteiger partial charge in [0.05, 0.1) is 25.4 Å². The highest BCUT2D eigenvalue weighted by molar-refractivity contribution is 5.97. The molecule has 3 rings (SSSR count). The second kappa shape index (κ2) is 8.62. The lowest BCUT2D eigenvalue weighted by Crippen LogP contribution is -2.41. The quantitative estimate of drug-likeness (QED) is 0.810. The van der Waals surface area contributed by atoms with Gasteiger partial charge in [-0.25, -0.2) is 0 Å². The maximum absolute atomic E-state index is 12.4. The molecule has 26 heavy (non-hydrogen) atoms. The molecule has 0 saturated carbocycles. The van der Waals surface area contributed by atoms with E-state index in [0.29, 0.717) is 70.0 Å². The van der Waals surface area contributed by atoms with Crippen LogP contribution >= 0.6 is 0 Å². The topological polar surface area (TPSA) is 88.1 Å². The van der Waals surface area contributed by atoms with E-state index < -0.39 is 5.60 Å². The van der Waals surface area contributed by atoms with E-state index in [1.807, 2.05) is 0 Å². The number of rotatable bonds is 5. The van der Waals surface area contributed by atoms with Crippen LogP contribution in [0.4, 0.5) is 0 Å². The molecular formula is C19H26N2O5. The van der Waals surface area contributed by atoms with Crippen LogP contribution in [0.3, 0.4) is 0 Å². The van der Waals surface area contributed by atoms with Crippen molar-refractivity contribution in [3.8, 4) is 0 Å². The Bertz CT molecular complexity index is 619. The van der Waals surface area contributed by atoms with Crippen LogP contribution in [-0.4, -0.2) is 73.5 Å². The largest absolute Gasteiger partial charge is 0.387 e. The molecule has 0 aliphatic carbocycles. The Hall–Kier alpha value is -1.96. The summed E-state index contributed by atoms with van der Waals surface area (Å²) in [5.74, 6) is -0.254. The van der Waals surface area contributed by atoms with Crippen LogP contribution in [0.1, 0.15) is 40.0 Å². The van der Waals surface area contributed by atoms with Gasteiger partial charge in [-0.3, -0.25) is 9.59 Å². The molecule has 2 aliphatic rings. The summed E-state index contributed by atoms with van der Waals surface area (Å²) in [4.78, 5) is 26.4. The van der Waals surface area contributed by atoms with Crippen LogP contribution in [-0.2, 0) is 9.47 Å². The third kappa shape index (κ3) is 4.81. The van der Waals surface area contributed by atoms with Crippen molar-refractivity contribution in [3.05, 3.63) is 35.4 Å². The van der Waals surface area contributed by atoms with Gasteiger partial charge < -0.3 is 24.8 Å². The Morgan fingerprint density at radius 3 is 2.42 bits per heavy atom. The molecule has 2 saturated heterocycles. The minimum absolute atomic E-state index is 0.0419. The highest BCUT2D eigenvalue weighted by Crippen LogP contribution is 2.22. The molecule has 2 N–H and O–H groups in total. The third-order valence-corrected chi connectivity index (χ3v) is 4.87. The van der Waals surface area contributed by atoms with Gasteiger partial charge in [-0.15, -0.1) is 0 Å². The molecule has 142 valence electrons. The van der Waals surface area contributed by atoms with Gasteiger partial charge >= 0.3 is 0 Å². The number of hydrogen-bond donors (Lipinski definition) is 2. The second-order valence-corrected chi connectivity index (χ2v) is 6.87. The molecule has 2 aliphatic heterocycles. The molecule has 0 spiro atoms. The normalized spacial score (nSPS) is 23.5. The first-order valence-corrected chi connectivity index (χ1v) is 9.13. The number of nitrogens with one attached hydrogen (secondary N) is 1. The summed E-state index contributed by atoms with van der Waals surface area (Å²) < 4.78 is 10.6. The summed E-state index contributed by atoms with van der Waals surface area (Å²) in [5, 5.41) is 13.2. The summed E-state index contributed by atoms with van der Waals surface area (Å²) in [5.41, 5.74) is 0.215. The Morgan fingerprint density at radius 2 is 1.77 bits per heavy atom. The number of benzene rings is 1. The molecule has 0 bridgehead atoms. The van der Waals surface area contributed by atoms with E-state index in [1.165, 1.54) is 0 Å². The van der Waals surface area contributed by atoms with E-state index in [-0.39, 0.29) is 11.8 Å². The molecular weight excluding hydrogens is 336 g/mol. The highest BCUT2D eigenvalue weighted by atomic mass is 16.5. The molecule has 2 amide bonds. The van der Waals surface area contributed by atoms with Crippen molar-refractivity contribution in [2.24, 2.45) is 0 Å². The first-order valence-electron chi connectivity index (χ1n) is 9.13. The van der Waals surface area contributed by atoms with Crippen molar-refractivity contribution in [1.29, 1.82) is 0 Å². The Morgan fingerprint density at radius 1 is 1.08 bits per heavy atom. The lowest BCUT2D eigenvalue weighted by molar-refractivity contribution is -0.0887. The van der Waals surface area contributed by atoms with Crippen LogP contribution in [0.2, 0.25) is 0 Å². The van der Waals surface area contributed by atoms with Gasteiger partial charge in [0.15, 0.2) is 0 Å². The predicted octanol–water partition coefficient (Wildman–Crippen LogP) is 0.820. The number of aliphatic hydroxyl groups is 1. The molecule has 1 unspecified atom stereocenters. The molecule has 7 nitrogen and oxygen atoms in total. The smallest absolute Gasteiger partial charge is 0.254 e. The number of nitrogens with zero attached hydrogens (tertiary/aromatic N) is 1. The van der Waals surface area contributed by atoms with Crippen molar-refractivity contribution >= 4 is 11.8 Å². The zero-order valence-electron chi connectivity index (χ0n) is 14.9. The lowest BCUT2D eigenvalue weighted by Gasteiger charge is -2.31. The van der Waals surface area contributed by atoms with Crippen molar-refractivity contribution < 1.29 is 24.2 Å². The average Bonchev–Trinajstić information content (AvgIpc) is 2.68. The SMILES string of the molecule is O=C(NCCC1(O)CCCOC1)c1ccc(C(=O)N2CCOCC2)cc1. The molecule has 2 fully saturated rings. The summed E-state index contributed by atoms with van der Waals surface area (Å²) in [6.45, 7) is 3.69. The molecule has 1 aromatic rings. The fourth-order valence-corrected chi connectivity index (χ4v) is 3.26. The molecule has 7 heteroatoms. The average molecular weight is 362 g/mol. The van der Waals surface area contributed by atoms with Gasteiger partial charge in [-0.2, -0.15) is 0 Å². The van der Waals surface area contributed by atoms with Crippen LogP contribution in [0.5, 0.6) is 0 Å². The van der Waals surface area contributed by atoms with Gasteiger partial charge in [0.1, 0.15) is 0 Å². The zero-order valence-corrected chi connectivity index (χ0v) is 14.9. The summed E-state index contributed by atoms with van der Waals surface area (Å²) >= 11 is 0. The van der Waals surface area contributed by atoms with E-state index in [9.17, 15) is 14.7 Å². The van der Waals surface area contributed by atoms with Gasteiger partial charge in [0.2, 0.25) is 0 Å². The van der Waals surface area contributed by atoms with Crippen LogP contribution in [0.25, 0.3) is 0 Å².